The van der Waals surface area contributed by atoms with E-state index in [1.54, 1.807) is 0 Å². The maximum atomic E-state index is 2.30. The molecular formula is C27H50ClN. The molecule has 0 bridgehead atoms. The summed E-state index contributed by atoms with van der Waals surface area (Å²) in [5.74, 6) is 0. The number of halogens is 1. The number of nitrogens with zero attached hydrogens (tertiary/aromatic N) is 1. The lowest BCUT2D eigenvalue weighted by Gasteiger charge is -2.17. The molecule has 0 aromatic heterocycles. The quantitative estimate of drug-likeness (QED) is 0.200. The van der Waals surface area contributed by atoms with Gasteiger partial charge in [-0.25, -0.2) is 0 Å². The van der Waals surface area contributed by atoms with E-state index in [1.807, 2.05) is 0 Å². The standard InChI is InChI=1S/C27H49N.ClH/c1-4-5-6-7-8-9-10-11-12-13-14-15-16-17-18-19-20-23-26-24-21-22-25-27(26)28(2)3;/h21-22,24-25H,4-20,23H2,1-3H3;1H. The van der Waals surface area contributed by atoms with E-state index in [1.165, 1.54) is 127 Å². The Labute approximate surface area is 189 Å². The van der Waals surface area contributed by atoms with Crippen LogP contribution in [0.15, 0.2) is 24.3 Å². The molecule has 0 saturated carbocycles. The van der Waals surface area contributed by atoms with Gasteiger partial charge in [0.2, 0.25) is 0 Å². The zero-order chi connectivity index (χ0) is 20.3. The first kappa shape index (κ1) is 28.3. The van der Waals surface area contributed by atoms with E-state index in [0.717, 1.165) is 0 Å². The molecular weight excluding hydrogens is 374 g/mol. The largest absolute Gasteiger partial charge is 0.377 e. The summed E-state index contributed by atoms with van der Waals surface area (Å²) in [6.45, 7) is 2.30. The number of unbranched alkanes of at least 4 members (excludes halogenated alkanes) is 16. The highest BCUT2D eigenvalue weighted by molar-refractivity contribution is 5.85. The third-order valence-electron chi connectivity index (χ3n) is 6.02. The maximum absolute atomic E-state index is 2.30. The Kier molecular flexibility index (Phi) is 20.1. The van der Waals surface area contributed by atoms with E-state index < -0.39 is 0 Å². The van der Waals surface area contributed by atoms with Gasteiger partial charge in [0.25, 0.3) is 0 Å². The third kappa shape index (κ3) is 15.8. The van der Waals surface area contributed by atoms with Crippen molar-refractivity contribution in [2.24, 2.45) is 0 Å². The van der Waals surface area contributed by atoms with Gasteiger partial charge in [0.15, 0.2) is 0 Å². The fourth-order valence-electron chi connectivity index (χ4n) is 4.20. The van der Waals surface area contributed by atoms with Crippen LogP contribution in [0.1, 0.15) is 122 Å². The summed E-state index contributed by atoms with van der Waals surface area (Å²) >= 11 is 0. The second kappa shape index (κ2) is 20.6. The number of benzene rings is 1. The molecule has 0 aliphatic rings. The van der Waals surface area contributed by atoms with Crippen molar-refractivity contribution in [3.63, 3.8) is 0 Å². The molecule has 2 heteroatoms. The van der Waals surface area contributed by atoms with Crippen molar-refractivity contribution in [2.45, 2.75) is 122 Å². The molecule has 0 radical (unpaired) electrons. The van der Waals surface area contributed by atoms with Crippen LogP contribution < -0.4 is 4.90 Å². The van der Waals surface area contributed by atoms with Crippen LogP contribution in [0.3, 0.4) is 0 Å². The molecule has 29 heavy (non-hydrogen) atoms. The topological polar surface area (TPSA) is 3.24 Å². The second-order valence-electron chi connectivity index (χ2n) is 8.93. The Balaban J connectivity index is 0.00000784. The average Bonchev–Trinajstić information content (AvgIpc) is 2.70. The highest BCUT2D eigenvalue weighted by atomic mass is 35.5. The zero-order valence-electron chi connectivity index (χ0n) is 19.9. The van der Waals surface area contributed by atoms with Crippen LogP contribution >= 0.6 is 12.4 Å². The maximum Gasteiger partial charge on any atom is 0.0393 e. The molecule has 1 aromatic carbocycles. The van der Waals surface area contributed by atoms with Crippen LogP contribution in [-0.4, -0.2) is 14.1 Å². The van der Waals surface area contributed by atoms with Gasteiger partial charge >= 0.3 is 0 Å². The average molecular weight is 424 g/mol. The summed E-state index contributed by atoms with van der Waals surface area (Å²) in [6, 6.07) is 8.86. The summed E-state index contributed by atoms with van der Waals surface area (Å²) in [4.78, 5) is 2.24. The number of rotatable bonds is 19. The minimum Gasteiger partial charge on any atom is -0.377 e. The number of hydrogen-bond donors (Lipinski definition) is 0. The Morgan fingerprint density at radius 3 is 1.34 bits per heavy atom. The van der Waals surface area contributed by atoms with Gasteiger partial charge < -0.3 is 4.90 Å². The van der Waals surface area contributed by atoms with Gasteiger partial charge in [0.05, 0.1) is 0 Å². The van der Waals surface area contributed by atoms with Crippen molar-refractivity contribution in [3.05, 3.63) is 29.8 Å². The van der Waals surface area contributed by atoms with Crippen molar-refractivity contribution in [1.29, 1.82) is 0 Å². The lowest BCUT2D eigenvalue weighted by Crippen LogP contribution is -2.11. The van der Waals surface area contributed by atoms with E-state index in [-0.39, 0.29) is 12.4 Å². The summed E-state index contributed by atoms with van der Waals surface area (Å²) in [5.41, 5.74) is 2.90. The molecule has 0 saturated heterocycles. The minimum atomic E-state index is 0. The molecule has 1 aromatic rings. The molecule has 1 nitrogen and oxygen atoms in total. The second-order valence-corrected chi connectivity index (χ2v) is 8.93. The van der Waals surface area contributed by atoms with E-state index in [4.69, 9.17) is 0 Å². The normalized spacial score (nSPS) is 10.7. The molecule has 1 rings (SSSR count). The van der Waals surface area contributed by atoms with Gasteiger partial charge in [0.1, 0.15) is 0 Å². The zero-order valence-corrected chi connectivity index (χ0v) is 20.7. The molecule has 0 fully saturated rings. The molecule has 0 heterocycles. The Morgan fingerprint density at radius 1 is 0.552 bits per heavy atom. The predicted octanol–water partition coefficient (Wildman–Crippen LogP) is 9.37. The SMILES string of the molecule is CCCCCCCCCCCCCCCCCCCc1ccccc1N(C)C.Cl. The van der Waals surface area contributed by atoms with Crippen molar-refractivity contribution in [2.75, 3.05) is 19.0 Å². The van der Waals surface area contributed by atoms with Crippen molar-refractivity contribution in [1.82, 2.24) is 0 Å². The number of hydrogen-bond acceptors (Lipinski definition) is 1. The first-order chi connectivity index (χ1) is 13.8. The Morgan fingerprint density at radius 2 is 0.931 bits per heavy atom. The fourth-order valence-corrected chi connectivity index (χ4v) is 4.20. The van der Waals surface area contributed by atoms with Crippen molar-refractivity contribution >= 4 is 18.1 Å². The molecule has 0 aliphatic carbocycles. The Bertz CT molecular complexity index is 458. The van der Waals surface area contributed by atoms with Gasteiger partial charge in [-0.3, -0.25) is 0 Å². The summed E-state index contributed by atoms with van der Waals surface area (Å²) in [5, 5.41) is 0. The molecule has 0 unspecified atom stereocenters. The van der Waals surface area contributed by atoms with E-state index in [9.17, 15) is 0 Å². The lowest BCUT2D eigenvalue weighted by atomic mass is 10.0. The van der Waals surface area contributed by atoms with Gasteiger partial charge in [-0.15, -0.1) is 12.4 Å². The smallest absolute Gasteiger partial charge is 0.0393 e. The van der Waals surface area contributed by atoms with Crippen molar-refractivity contribution in [3.8, 4) is 0 Å². The van der Waals surface area contributed by atoms with E-state index in [2.05, 4.69) is 50.2 Å². The highest BCUT2D eigenvalue weighted by Gasteiger charge is 2.03. The number of anilines is 1. The van der Waals surface area contributed by atoms with Crippen molar-refractivity contribution < 1.29 is 0 Å². The lowest BCUT2D eigenvalue weighted by molar-refractivity contribution is 0.527. The van der Waals surface area contributed by atoms with Crippen LogP contribution in [0.5, 0.6) is 0 Å². The molecule has 0 spiro atoms. The van der Waals surface area contributed by atoms with Crippen LogP contribution in [0.2, 0.25) is 0 Å². The molecule has 170 valence electrons. The Hall–Kier alpha value is -0.690. The summed E-state index contributed by atoms with van der Waals surface area (Å²) in [7, 11) is 4.29. The van der Waals surface area contributed by atoms with Crippen LogP contribution in [0.25, 0.3) is 0 Å². The fraction of sp³-hybridized carbons (Fsp3) is 0.778. The number of para-hydroxylation sites is 1. The first-order valence-electron chi connectivity index (χ1n) is 12.5. The minimum absolute atomic E-state index is 0. The van der Waals surface area contributed by atoms with Crippen LogP contribution in [-0.2, 0) is 6.42 Å². The summed E-state index contributed by atoms with van der Waals surface area (Å²) < 4.78 is 0. The highest BCUT2D eigenvalue weighted by Crippen LogP contribution is 2.21. The predicted molar refractivity (Wildman–Crippen MR) is 136 cm³/mol. The molecule has 0 N–H and O–H groups in total. The van der Waals surface area contributed by atoms with Gasteiger partial charge in [-0.05, 0) is 24.5 Å². The molecule has 0 aliphatic heterocycles. The first-order valence-corrected chi connectivity index (χ1v) is 12.5. The molecule has 0 atom stereocenters. The van der Waals surface area contributed by atoms with E-state index >= 15 is 0 Å². The third-order valence-corrected chi connectivity index (χ3v) is 6.02. The monoisotopic (exact) mass is 423 g/mol. The summed E-state index contributed by atoms with van der Waals surface area (Å²) in [6.07, 6.45) is 25.8. The van der Waals surface area contributed by atoms with Gasteiger partial charge in [0, 0.05) is 19.8 Å². The molecule has 0 amide bonds. The van der Waals surface area contributed by atoms with Gasteiger partial charge in [-0.2, -0.15) is 0 Å². The number of aryl methyl sites for hydroxylation is 1. The van der Waals surface area contributed by atoms with Crippen LogP contribution in [0, 0.1) is 0 Å². The van der Waals surface area contributed by atoms with Gasteiger partial charge in [-0.1, -0.05) is 128 Å². The van der Waals surface area contributed by atoms with E-state index in [0.29, 0.717) is 0 Å². The van der Waals surface area contributed by atoms with Crippen LogP contribution in [0.4, 0.5) is 5.69 Å².